The molecule has 52 heavy (non-hydrogen) atoms. The first-order valence-electron chi connectivity index (χ1n) is 14.2. The van der Waals surface area contributed by atoms with Gasteiger partial charge in [-0.2, -0.15) is 0 Å². The second-order valence-corrected chi connectivity index (χ2v) is 13.1. The lowest BCUT2D eigenvalue weighted by molar-refractivity contribution is 0.381. The molecule has 0 N–H and O–H groups in total. The zero-order chi connectivity index (χ0) is 37.0. The van der Waals surface area contributed by atoms with Crippen LogP contribution in [0.4, 0.5) is 43.9 Å². The molecule has 9 aromatic rings. The van der Waals surface area contributed by atoms with Gasteiger partial charge in [-0.05, 0) is 45.8 Å². The number of hydrogen-bond acceptors (Lipinski definition) is 4. The van der Waals surface area contributed by atoms with Crippen molar-refractivity contribution in [2.75, 3.05) is 0 Å². The summed E-state index contributed by atoms with van der Waals surface area (Å²) in [6, 6.07) is 5.55. The van der Waals surface area contributed by atoms with Crippen LogP contribution in [0.25, 0.3) is 87.9 Å². The van der Waals surface area contributed by atoms with Crippen LogP contribution in [-0.4, -0.2) is 19.9 Å². The van der Waals surface area contributed by atoms with Gasteiger partial charge in [0.25, 0.3) is 0 Å². The van der Waals surface area contributed by atoms with Crippen molar-refractivity contribution in [3.63, 3.8) is 0 Å². The Morgan fingerprint density at radius 3 is 0.750 bits per heavy atom. The lowest BCUT2D eigenvalue weighted by atomic mass is 9.88. The maximum absolute atomic E-state index is 14.9. The zero-order valence-electron chi connectivity index (χ0n) is 24.4. The third kappa shape index (κ3) is 4.08. The van der Waals surface area contributed by atoms with Gasteiger partial charge in [-0.15, -0.1) is 0 Å². The second-order valence-electron chi connectivity index (χ2n) is 11.5. The molecule has 0 bridgehead atoms. The number of halogens is 14. The van der Waals surface area contributed by atoms with E-state index >= 15 is 0 Å². The van der Waals surface area contributed by atoms with Crippen LogP contribution in [-0.2, 0) is 0 Å². The highest BCUT2D eigenvalue weighted by Gasteiger charge is 2.32. The van der Waals surface area contributed by atoms with Crippen molar-refractivity contribution in [3.05, 3.63) is 103 Å². The fraction of sp³-hybridized carbons (Fsp3) is 0. The van der Waals surface area contributed by atoms with Crippen LogP contribution in [0.1, 0.15) is 0 Å². The van der Waals surface area contributed by atoms with Crippen molar-refractivity contribution in [1.29, 1.82) is 0 Å². The Hall–Kier alpha value is -4.76. The van der Waals surface area contributed by atoms with Crippen LogP contribution in [0, 0.1) is 58.2 Å². The summed E-state index contributed by atoms with van der Waals surface area (Å²) >= 11 is 26.7. The number of fused-ring (bicyclic) bond motifs is 2. The number of benzene rings is 7. The molecule has 18 heteroatoms. The van der Waals surface area contributed by atoms with Crippen molar-refractivity contribution in [1.82, 2.24) is 19.9 Å². The van der Waals surface area contributed by atoms with Gasteiger partial charge in [0.05, 0.1) is 53.3 Å². The molecule has 9 rings (SSSR count). The van der Waals surface area contributed by atoms with Crippen LogP contribution < -0.4 is 0 Å². The molecule has 0 unspecified atom stereocenters. The molecule has 0 aliphatic heterocycles. The van der Waals surface area contributed by atoms with E-state index in [-0.39, 0.29) is 52.9 Å². The first-order valence-corrected chi connectivity index (χ1v) is 15.8. The Labute approximate surface area is 299 Å². The molecule has 4 nitrogen and oxygen atoms in total. The van der Waals surface area contributed by atoms with Crippen LogP contribution >= 0.6 is 46.4 Å². The van der Waals surface area contributed by atoms with Crippen molar-refractivity contribution in [2.24, 2.45) is 0 Å². The molecule has 2 heterocycles. The van der Waals surface area contributed by atoms with Crippen molar-refractivity contribution < 1.29 is 43.9 Å². The maximum atomic E-state index is 14.9. The zero-order valence-corrected chi connectivity index (χ0v) is 27.4. The molecular formula is C34H4Cl4F10N4. The maximum Gasteiger partial charge on any atom is 0.200 e. The first-order chi connectivity index (χ1) is 24.6. The predicted molar refractivity (Wildman–Crippen MR) is 176 cm³/mol. The largest absolute Gasteiger partial charge is 0.226 e. The van der Waals surface area contributed by atoms with Crippen LogP contribution in [0.3, 0.4) is 0 Å². The van der Waals surface area contributed by atoms with Gasteiger partial charge in [0, 0.05) is 21.5 Å². The van der Waals surface area contributed by atoms with Crippen molar-refractivity contribution in [2.45, 2.75) is 0 Å². The van der Waals surface area contributed by atoms with Gasteiger partial charge >= 0.3 is 0 Å². The normalized spacial score (nSPS) is 12.4. The Balaban J connectivity index is 1.42. The van der Waals surface area contributed by atoms with Crippen LogP contribution in [0.2, 0.25) is 20.1 Å². The van der Waals surface area contributed by atoms with Crippen molar-refractivity contribution >= 4 is 112 Å². The van der Waals surface area contributed by atoms with E-state index in [0.717, 1.165) is 0 Å². The minimum atomic E-state index is -2.38. The molecule has 0 saturated heterocycles. The van der Waals surface area contributed by atoms with E-state index in [0.29, 0.717) is 32.3 Å². The summed E-state index contributed by atoms with van der Waals surface area (Å²) in [5, 5.41) is 1.65. The molecule has 0 aliphatic rings. The second kappa shape index (κ2) is 10.9. The van der Waals surface area contributed by atoms with E-state index in [1.165, 1.54) is 24.3 Å². The van der Waals surface area contributed by atoms with E-state index in [2.05, 4.69) is 19.9 Å². The molecule has 0 saturated carbocycles. The van der Waals surface area contributed by atoms with Gasteiger partial charge in [0.15, 0.2) is 58.2 Å². The van der Waals surface area contributed by atoms with Gasteiger partial charge in [-0.25, -0.2) is 63.8 Å². The molecule has 258 valence electrons. The SMILES string of the molecule is Fc1c(F)c(F)c(-c2nc3c(Cl)cc4c5cc(Cl)c6nc(-c7c(F)c(F)c(F)c(F)c7F)nc7c(Cl)cc(c8cc(Cl)c(n2)c3c48)c5c67)c(F)c1F. The molecule has 2 aromatic heterocycles. The fourth-order valence-electron chi connectivity index (χ4n) is 6.66. The summed E-state index contributed by atoms with van der Waals surface area (Å²) in [7, 11) is 0. The molecule has 0 amide bonds. The minimum absolute atomic E-state index is 0.125. The lowest BCUT2D eigenvalue weighted by Crippen LogP contribution is -2.07. The Morgan fingerprint density at radius 2 is 0.519 bits per heavy atom. The summed E-state index contributed by atoms with van der Waals surface area (Å²) in [6.07, 6.45) is 0. The van der Waals surface area contributed by atoms with E-state index in [4.69, 9.17) is 46.4 Å². The fourth-order valence-corrected chi connectivity index (χ4v) is 7.64. The standard InChI is InChI=1S/C34H4Cl4F10N4/c35-9-1-5-6-2-10(36)31-16-14(6)8(4-12(38)32(16)52-34(51-31)18-21(41)25(45)28(48)26(46)22(18)42)7-3-11(37)30-15(13(5)7)29(9)49-33(50-30)17-19(39)23(43)27(47)24(44)20(17)40/h1-4H. The highest BCUT2D eigenvalue weighted by molar-refractivity contribution is 6.50. The molecule has 0 atom stereocenters. The molecule has 0 fully saturated rings. The van der Waals surface area contributed by atoms with Crippen LogP contribution in [0.15, 0.2) is 24.3 Å². The van der Waals surface area contributed by atoms with E-state index in [1.807, 2.05) is 0 Å². The highest BCUT2D eigenvalue weighted by atomic mass is 35.5. The molecular weight excluding hydrogens is 796 g/mol. The number of nitrogens with zero attached hydrogens (tertiary/aromatic N) is 4. The summed E-state index contributed by atoms with van der Waals surface area (Å²) in [5.74, 6) is -24.2. The summed E-state index contributed by atoms with van der Waals surface area (Å²) in [4.78, 5) is 16.4. The molecule has 0 aliphatic carbocycles. The molecule has 0 spiro atoms. The van der Waals surface area contributed by atoms with Gasteiger partial charge < -0.3 is 0 Å². The Morgan fingerprint density at radius 1 is 0.308 bits per heavy atom. The molecule has 7 aromatic carbocycles. The van der Waals surface area contributed by atoms with E-state index in [1.54, 1.807) is 0 Å². The highest BCUT2D eigenvalue weighted by Crippen LogP contribution is 2.50. The monoisotopic (exact) mass is 798 g/mol. The number of hydrogen-bond donors (Lipinski definition) is 0. The van der Waals surface area contributed by atoms with Gasteiger partial charge in [-0.1, -0.05) is 46.4 Å². The number of aromatic nitrogens is 4. The van der Waals surface area contributed by atoms with E-state index < -0.39 is 80.9 Å². The third-order valence-corrected chi connectivity index (χ3v) is 9.98. The predicted octanol–water partition coefficient (Wildman–Crippen LogP) is 12.4. The topological polar surface area (TPSA) is 51.6 Å². The summed E-state index contributed by atoms with van der Waals surface area (Å²) in [6.45, 7) is 0. The van der Waals surface area contributed by atoms with Crippen LogP contribution in [0.5, 0.6) is 0 Å². The molecule has 0 radical (unpaired) electrons. The van der Waals surface area contributed by atoms with Crippen molar-refractivity contribution in [3.8, 4) is 22.8 Å². The van der Waals surface area contributed by atoms with Gasteiger partial charge in [-0.3, -0.25) is 0 Å². The quantitative estimate of drug-likeness (QED) is 0.0574. The first kappa shape index (κ1) is 33.1. The lowest BCUT2D eigenvalue weighted by Gasteiger charge is -2.20. The average molecular weight is 800 g/mol. The third-order valence-electron chi connectivity index (χ3n) is 8.83. The summed E-state index contributed by atoms with van der Waals surface area (Å²) < 4.78 is 144. The number of rotatable bonds is 2. The summed E-state index contributed by atoms with van der Waals surface area (Å²) in [5.41, 5.74) is -3.53. The minimum Gasteiger partial charge on any atom is -0.226 e. The Bertz CT molecular complexity index is 2750. The smallest absolute Gasteiger partial charge is 0.200 e. The van der Waals surface area contributed by atoms with Gasteiger partial charge in [0.1, 0.15) is 0 Å². The Kier molecular flexibility index (Phi) is 6.93. The van der Waals surface area contributed by atoms with E-state index in [9.17, 15) is 43.9 Å². The average Bonchev–Trinajstić information content (AvgIpc) is 3.12. The van der Waals surface area contributed by atoms with Gasteiger partial charge in [0.2, 0.25) is 11.6 Å².